The van der Waals surface area contributed by atoms with E-state index in [9.17, 15) is 9.18 Å². The molecule has 3 nitrogen and oxygen atoms in total. The highest BCUT2D eigenvalue weighted by molar-refractivity contribution is 6.32. The van der Waals surface area contributed by atoms with Gasteiger partial charge in [0.1, 0.15) is 11.6 Å². The predicted molar refractivity (Wildman–Crippen MR) is 74.9 cm³/mol. The average molecular weight is 301 g/mol. The Bertz CT molecular complexity index is 524. The first kappa shape index (κ1) is 15.1. The van der Waals surface area contributed by atoms with E-state index in [0.717, 1.165) is 12.8 Å². The molecule has 0 radical (unpaired) electrons. The Kier molecular flexibility index (Phi) is 4.23. The van der Waals surface area contributed by atoms with Gasteiger partial charge in [-0.15, -0.1) is 0 Å². The van der Waals surface area contributed by atoms with Gasteiger partial charge >= 0.3 is 5.97 Å². The zero-order valence-corrected chi connectivity index (χ0v) is 12.3. The highest BCUT2D eigenvalue weighted by Crippen LogP contribution is 2.41. The molecule has 0 aliphatic heterocycles. The summed E-state index contributed by atoms with van der Waals surface area (Å²) >= 11 is 6.07. The lowest BCUT2D eigenvalue weighted by molar-refractivity contribution is -0.138. The summed E-state index contributed by atoms with van der Waals surface area (Å²) in [6.07, 6.45) is 2.14. The van der Waals surface area contributed by atoms with E-state index >= 15 is 0 Å². The fourth-order valence-electron chi connectivity index (χ4n) is 2.17. The van der Waals surface area contributed by atoms with Crippen molar-refractivity contribution in [2.75, 3.05) is 6.61 Å². The van der Waals surface area contributed by atoms with Crippen LogP contribution >= 0.6 is 11.6 Å². The van der Waals surface area contributed by atoms with Crippen LogP contribution in [0.5, 0.6) is 5.75 Å². The molecule has 0 atom stereocenters. The zero-order valence-electron chi connectivity index (χ0n) is 11.6. The molecule has 110 valence electrons. The highest BCUT2D eigenvalue weighted by Gasteiger charge is 2.31. The van der Waals surface area contributed by atoms with Gasteiger partial charge in [-0.05, 0) is 30.9 Å². The van der Waals surface area contributed by atoms with Crippen molar-refractivity contribution in [2.24, 2.45) is 5.92 Å². The lowest BCUT2D eigenvalue weighted by Crippen LogP contribution is -2.23. The summed E-state index contributed by atoms with van der Waals surface area (Å²) in [5, 5.41) is 9.19. The van der Waals surface area contributed by atoms with Crippen LogP contribution in [0.25, 0.3) is 0 Å². The van der Waals surface area contributed by atoms with E-state index in [1.807, 2.05) is 0 Å². The van der Waals surface area contributed by atoms with Crippen molar-refractivity contribution in [2.45, 2.75) is 38.5 Å². The van der Waals surface area contributed by atoms with E-state index in [0.29, 0.717) is 23.8 Å². The Hall–Kier alpha value is -1.29. The van der Waals surface area contributed by atoms with Gasteiger partial charge in [0.25, 0.3) is 0 Å². The second-order valence-corrected chi connectivity index (χ2v) is 6.38. The lowest BCUT2D eigenvalue weighted by atomic mass is 9.81. The highest BCUT2D eigenvalue weighted by atomic mass is 35.5. The largest absolute Gasteiger partial charge is 0.491 e. The number of ether oxygens (including phenoxy) is 1. The number of carboxylic acid groups (broad SMARTS) is 1. The Morgan fingerprint density at radius 1 is 1.50 bits per heavy atom. The van der Waals surface area contributed by atoms with E-state index in [4.69, 9.17) is 21.4 Å². The molecule has 2 rings (SSSR count). The maximum atomic E-state index is 13.6. The van der Waals surface area contributed by atoms with Gasteiger partial charge in [0.2, 0.25) is 0 Å². The van der Waals surface area contributed by atoms with Gasteiger partial charge < -0.3 is 9.84 Å². The minimum atomic E-state index is -0.941. The molecule has 1 aromatic rings. The summed E-state index contributed by atoms with van der Waals surface area (Å²) < 4.78 is 19.3. The first-order valence-corrected chi connectivity index (χ1v) is 7.01. The molecule has 1 aromatic carbocycles. The summed E-state index contributed by atoms with van der Waals surface area (Å²) in [5.74, 6) is -0.483. The number of hydrogen-bond acceptors (Lipinski definition) is 2. The fourth-order valence-corrected chi connectivity index (χ4v) is 2.43. The summed E-state index contributed by atoms with van der Waals surface area (Å²) in [6, 6.07) is 2.52. The number of hydrogen-bond donors (Lipinski definition) is 1. The van der Waals surface area contributed by atoms with Crippen LogP contribution in [0.15, 0.2) is 12.1 Å². The lowest BCUT2D eigenvalue weighted by Gasteiger charge is -2.26. The topological polar surface area (TPSA) is 46.5 Å². The standard InChI is InChI=1S/C15H18ClFO3/c1-15(2,7-13(18)19)11-5-10(17)6-12(16)14(11)20-8-9-3-4-9/h5-6,9H,3-4,7-8H2,1-2H3,(H,18,19). The van der Waals surface area contributed by atoms with Crippen LogP contribution in [0.3, 0.4) is 0 Å². The van der Waals surface area contributed by atoms with Crippen LogP contribution in [0, 0.1) is 11.7 Å². The molecule has 0 bridgehead atoms. The van der Waals surface area contributed by atoms with Crippen molar-refractivity contribution in [3.8, 4) is 5.75 Å². The van der Waals surface area contributed by atoms with Crippen molar-refractivity contribution < 1.29 is 19.0 Å². The third-order valence-corrected chi connectivity index (χ3v) is 3.77. The molecular weight excluding hydrogens is 283 g/mol. The first-order valence-electron chi connectivity index (χ1n) is 6.64. The molecule has 1 saturated carbocycles. The smallest absolute Gasteiger partial charge is 0.304 e. The van der Waals surface area contributed by atoms with Gasteiger partial charge in [0.05, 0.1) is 18.1 Å². The maximum absolute atomic E-state index is 13.6. The minimum absolute atomic E-state index is 0.118. The zero-order chi connectivity index (χ0) is 14.9. The monoisotopic (exact) mass is 300 g/mol. The Morgan fingerprint density at radius 2 is 2.15 bits per heavy atom. The van der Waals surface area contributed by atoms with Crippen LogP contribution in [0.4, 0.5) is 4.39 Å². The molecule has 0 amide bonds. The van der Waals surface area contributed by atoms with Gasteiger partial charge in [-0.25, -0.2) is 4.39 Å². The van der Waals surface area contributed by atoms with Crippen molar-refractivity contribution >= 4 is 17.6 Å². The number of benzene rings is 1. The third-order valence-electron chi connectivity index (χ3n) is 3.49. The fraction of sp³-hybridized carbons (Fsp3) is 0.533. The van der Waals surface area contributed by atoms with Crippen molar-refractivity contribution in [3.05, 3.63) is 28.5 Å². The Morgan fingerprint density at radius 3 is 2.70 bits per heavy atom. The van der Waals surface area contributed by atoms with E-state index in [1.54, 1.807) is 13.8 Å². The molecule has 0 aromatic heterocycles. The van der Waals surface area contributed by atoms with E-state index < -0.39 is 17.2 Å². The van der Waals surface area contributed by atoms with Crippen LogP contribution < -0.4 is 4.74 Å². The maximum Gasteiger partial charge on any atom is 0.304 e. The molecule has 0 spiro atoms. The van der Waals surface area contributed by atoms with Crippen LogP contribution in [0.1, 0.15) is 38.7 Å². The molecule has 0 heterocycles. The predicted octanol–water partition coefficient (Wildman–Crippen LogP) is 4.02. The van der Waals surface area contributed by atoms with Crippen molar-refractivity contribution in [3.63, 3.8) is 0 Å². The van der Waals surface area contributed by atoms with E-state index in [-0.39, 0.29) is 11.4 Å². The average Bonchev–Trinajstić information content (AvgIpc) is 3.09. The molecule has 0 saturated heterocycles. The molecule has 1 aliphatic carbocycles. The van der Waals surface area contributed by atoms with E-state index in [1.165, 1.54) is 12.1 Å². The van der Waals surface area contributed by atoms with Crippen LogP contribution in [-0.4, -0.2) is 17.7 Å². The number of aliphatic carboxylic acids is 1. The summed E-state index contributed by atoms with van der Waals surface area (Å²) in [6.45, 7) is 4.04. The second kappa shape index (κ2) is 5.60. The number of carbonyl (C=O) groups is 1. The third kappa shape index (κ3) is 3.63. The van der Waals surface area contributed by atoms with Crippen molar-refractivity contribution in [1.29, 1.82) is 0 Å². The van der Waals surface area contributed by atoms with Gasteiger partial charge in [-0.2, -0.15) is 0 Å². The molecule has 20 heavy (non-hydrogen) atoms. The normalized spacial score (nSPS) is 15.2. The van der Waals surface area contributed by atoms with Gasteiger partial charge in [0, 0.05) is 11.0 Å². The molecule has 1 fully saturated rings. The molecule has 1 aliphatic rings. The van der Waals surface area contributed by atoms with Crippen LogP contribution in [-0.2, 0) is 10.2 Å². The van der Waals surface area contributed by atoms with Gasteiger partial charge in [-0.3, -0.25) is 4.79 Å². The summed E-state index contributed by atoms with van der Waals surface area (Å²) in [7, 11) is 0. The molecule has 5 heteroatoms. The number of halogens is 2. The Labute approximate surface area is 122 Å². The minimum Gasteiger partial charge on any atom is -0.491 e. The molecule has 0 unspecified atom stereocenters. The molecule has 1 N–H and O–H groups in total. The second-order valence-electron chi connectivity index (χ2n) is 5.97. The first-order chi connectivity index (χ1) is 9.29. The Balaban J connectivity index is 2.34. The summed E-state index contributed by atoms with van der Waals surface area (Å²) in [4.78, 5) is 11.0. The van der Waals surface area contributed by atoms with Crippen molar-refractivity contribution in [1.82, 2.24) is 0 Å². The van der Waals surface area contributed by atoms with Gasteiger partial charge in [-0.1, -0.05) is 25.4 Å². The molecular formula is C15H18ClFO3. The van der Waals surface area contributed by atoms with E-state index in [2.05, 4.69) is 0 Å². The summed E-state index contributed by atoms with van der Waals surface area (Å²) in [5.41, 5.74) is -0.248. The number of rotatable bonds is 6. The quantitative estimate of drug-likeness (QED) is 0.863. The van der Waals surface area contributed by atoms with Crippen LogP contribution in [0.2, 0.25) is 5.02 Å². The number of carboxylic acids is 1. The van der Waals surface area contributed by atoms with Gasteiger partial charge in [0.15, 0.2) is 0 Å². The SMILES string of the molecule is CC(C)(CC(=O)O)c1cc(F)cc(Cl)c1OCC1CC1.